The first-order valence-electron chi connectivity index (χ1n) is 11.5. The number of allylic oxidation sites excluding steroid dienone is 4. The lowest BCUT2D eigenvalue weighted by atomic mass is 9.85. The third-order valence-electron chi connectivity index (χ3n) is 6.36. The number of ether oxygens (including phenoxy) is 2. The van der Waals surface area contributed by atoms with Gasteiger partial charge in [-0.2, -0.15) is 0 Å². The lowest BCUT2D eigenvalue weighted by Crippen LogP contribution is -2.49. The predicted octanol–water partition coefficient (Wildman–Crippen LogP) is 6.10. The molecular weight excluding hydrogens is 417 g/mol. The Morgan fingerprint density at radius 3 is 2.61 bits per heavy atom. The number of hydrogen-bond acceptors (Lipinski definition) is 4. The van der Waals surface area contributed by atoms with Crippen LogP contribution in [0.25, 0.3) is 5.57 Å². The summed E-state index contributed by atoms with van der Waals surface area (Å²) in [6, 6.07) is 13.3. The summed E-state index contributed by atoms with van der Waals surface area (Å²) in [7, 11) is 0. The van der Waals surface area contributed by atoms with Gasteiger partial charge >= 0.3 is 0 Å². The van der Waals surface area contributed by atoms with Crippen LogP contribution in [0.4, 0.5) is 4.39 Å². The van der Waals surface area contributed by atoms with Gasteiger partial charge in [-0.15, -0.1) is 0 Å². The molecule has 5 heteroatoms. The van der Waals surface area contributed by atoms with Gasteiger partial charge in [0.15, 0.2) is 0 Å². The van der Waals surface area contributed by atoms with Crippen molar-refractivity contribution in [2.24, 2.45) is 5.92 Å². The summed E-state index contributed by atoms with van der Waals surface area (Å²) in [6.07, 6.45) is 5.93. The van der Waals surface area contributed by atoms with E-state index in [0.717, 1.165) is 59.0 Å². The quantitative estimate of drug-likeness (QED) is 0.494. The molecule has 1 N–H and O–H groups in total. The number of rotatable bonds is 8. The number of alkyl halides is 1. The topological polar surface area (TPSA) is 41.9 Å². The summed E-state index contributed by atoms with van der Waals surface area (Å²) in [5.41, 5.74) is 5.21. The Kier molecular flexibility index (Phi) is 7.19. The molecule has 1 atom stereocenters. The van der Waals surface area contributed by atoms with Crippen LogP contribution in [-0.4, -0.2) is 42.9 Å². The molecule has 1 saturated heterocycles. The van der Waals surface area contributed by atoms with E-state index in [1.165, 1.54) is 0 Å². The molecule has 2 aromatic rings. The van der Waals surface area contributed by atoms with Crippen molar-refractivity contribution in [3.63, 3.8) is 0 Å². The van der Waals surface area contributed by atoms with Gasteiger partial charge in [-0.3, -0.25) is 9.29 Å². The van der Waals surface area contributed by atoms with E-state index in [0.29, 0.717) is 6.61 Å². The molecule has 0 saturated carbocycles. The molecular formula is C28H32FNO3. The standard InChI is InChI=1S/C28H32FNO3/c1-4-6-21(5-2)27-19(3)25-15-23(31)9-12-26(25)33-28(27)22-7-10-24(11-8-22)32-14-13-30-17-20(16-29)18-30/h4-12,15,20,28,31H,13-14,16-18H2,1-3H3/b6-4-,21-5+/t28-/m0/s1. The fourth-order valence-corrected chi connectivity index (χ4v) is 4.55. The van der Waals surface area contributed by atoms with Gasteiger partial charge in [0.25, 0.3) is 0 Å². The summed E-state index contributed by atoms with van der Waals surface area (Å²) in [5, 5.41) is 10.0. The van der Waals surface area contributed by atoms with Gasteiger partial charge < -0.3 is 14.6 Å². The van der Waals surface area contributed by atoms with Crippen molar-refractivity contribution < 1.29 is 19.0 Å². The third-order valence-corrected chi connectivity index (χ3v) is 6.36. The zero-order chi connectivity index (χ0) is 23.4. The number of phenols is 1. The number of hydrogen-bond donors (Lipinski definition) is 1. The minimum absolute atomic E-state index is 0.198. The second kappa shape index (κ2) is 10.3. The maximum absolute atomic E-state index is 12.6. The first-order valence-corrected chi connectivity index (χ1v) is 11.5. The van der Waals surface area contributed by atoms with E-state index in [9.17, 15) is 9.50 Å². The van der Waals surface area contributed by atoms with Crippen LogP contribution < -0.4 is 9.47 Å². The molecule has 0 aliphatic carbocycles. The van der Waals surface area contributed by atoms with E-state index in [1.54, 1.807) is 12.1 Å². The molecule has 2 aliphatic heterocycles. The van der Waals surface area contributed by atoms with Crippen molar-refractivity contribution in [2.75, 3.05) is 32.9 Å². The number of aromatic hydroxyl groups is 1. The van der Waals surface area contributed by atoms with Gasteiger partial charge in [0.1, 0.15) is 30.0 Å². The lowest BCUT2D eigenvalue weighted by Gasteiger charge is -2.37. The van der Waals surface area contributed by atoms with Gasteiger partial charge in [0.05, 0.1) is 6.67 Å². The van der Waals surface area contributed by atoms with Crippen molar-refractivity contribution in [3.8, 4) is 17.2 Å². The smallest absolute Gasteiger partial charge is 0.150 e. The minimum Gasteiger partial charge on any atom is -0.508 e. The average molecular weight is 450 g/mol. The van der Waals surface area contributed by atoms with Crippen LogP contribution in [0.5, 0.6) is 17.2 Å². The van der Waals surface area contributed by atoms with Crippen LogP contribution in [0.15, 0.2) is 71.8 Å². The van der Waals surface area contributed by atoms with Crippen molar-refractivity contribution in [1.29, 1.82) is 0 Å². The van der Waals surface area contributed by atoms with E-state index in [4.69, 9.17) is 9.47 Å². The van der Waals surface area contributed by atoms with Crippen molar-refractivity contribution >= 4 is 5.57 Å². The Morgan fingerprint density at radius 2 is 1.94 bits per heavy atom. The van der Waals surface area contributed by atoms with Crippen molar-refractivity contribution in [2.45, 2.75) is 26.9 Å². The number of nitrogens with zero attached hydrogens (tertiary/aromatic N) is 1. The molecule has 1 fully saturated rings. The van der Waals surface area contributed by atoms with Crippen LogP contribution in [0, 0.1) is 5.92 Å². The highest BCUT2D eigenvalue weighted by molar-refractivity contribution is 5.79. The molecule has 4 nitrogen and oxygen atoms in total. The molecule has 0 unspecified atom stereocenters. The number of phenolic OH excluding ortho intramolecular Hbond substituents is 1. The molecule has 2 aliphatic rings. The highest BCUT2D eigenvalue weighted by Crippen LogP contribution is 2.46. The average Bonchev–Trinajstić information content (AvgIpc) is 2.80. The summed E-state index contributed by atoms with van der Waals surface area (Å²) >= 11 is 0. The van der Waals surface area contributed by atoms with E-state index >= 15 is 0 Å². The van der Waals surface area contributed by atoms with Gasteiger partial charge in [-0.25, -0.2) is 0 Å². The second-order valence-electron chi connectivity index (χ2n) is 8.66. The van der Waals surface area contributed by atoms with E-state index in [2.05, 4.69) is 24.0 Å². The normalized spacial score (nSPS) is 19.4. The number of halogens is 1. The molecule has 4 rings (SSSR count). The molecule has 174 valence electrons. The molecule has 2 heterocycles. The number of benzene rings is 2. The zero-order valence-electron chi connectivity index (χ0n) is 19.6. The Balaban J connectivity index is 1.54. The largest absolute Gasteiger partial charge is 0.508 e. The lowest BCUT2D eigenvalue weighted by molar-refractivity contribution is 0.0668. The van der Waals surface area contributed by atoms with E-state index in [1.807, 2.05) is 50.3 Å². The molecule has 0 radical (unpaired) electrons. The Hall–Kier alpha value is -3.05. The molecule has 0 aromatic heterocycles. The molecule has 0 bridgehead atoms. The second-order valence-corrected chi connectivity index (χ2v) is 8.66. The van der Waals surface area contributed by atoms with Crippen molar-refractivity contribution in [1.82, 2.24) is 4.90 Å². The Bertz CT molecular complexity index is 1070. The maximum Gasteiger partial charge on any atom is 0.150 e. The van der Waals surface area contributed by atoms with Crippen molar-refractivity contribution in [3.05, 3.63) is 83.0 Å². The summed E-state index contributed by atoms with van der Waals surface area (Å²) in [5.74, 6) is 1.99. The highest BCUT2D eigenvalue weighted by Gasteiger charge is 2.30. The minimum atomic E-state index is -0.266. The maximum atomic E-state index is 12.6. The van der Waals surface area contributed by atoms with Gasteiger partial charge in [-0.05, 0) is 67.8 Å². The van der Waals surface area contributed by atoms with Crippen LogP contribution in [0.1, 0.15) is 38.0 Å². The monoisotopic (exact) mass is 449 g/mol. The Morgan fingerprint density at radius 1 is 1.18 bits per heavy atom. The van der Waals surface area contributed by atoms with Crippen LogP contribution in [-0.2, 0) is 0 Å². The number of likely N-dealkylation sites (tertiary alicyclic amines) is 1. The molecule has 33 heavy (non-hydrogen) atoms. The Labute approximate surface area is 195 Å². The van der Waals surface area contributed by atoms with Crippen LogP contribution in [0.3, 0.4) is 0 Å². The SMILES string of the molecule is C/C=C\C(=C/C)C1=C(C)c2cc(O)ccc2O[C@H]1c1ccc(OCCN2CC(CF)C2)cc1. The van der Waals surface area contributed by atoms with Crippen LogP contribution in [0.2, 0.25) is 0 Å². The van der Waals surface area contributed by atoms with Gasteiger partial charge in [0, 0.05) is 36.7 Å². The fourth-order valence-electron chi connectivity index (χ4n) is 4.55. The highest BCUT2D eigenvalue weighted by atomic mass is 19.1. The summed E-state index contributed by atoms with van der Waals surface area (Å²) in [6.45, 7) is 8.92. The zero-order valence-corrected chi connectivity index (χ0v) is 19.6. The predicted molar refractivity (Wildman–Crippen MR) is 130 cm³/mol. The van der Waals surface area contributed by atoms with Crippen LogP contribution >= 0.6 is 0 Å². The molecule has 2 aromatic carbocycles. The number of fused-ring (bicyclic) bond motifs is 1. The van der Waals surface area contributed by atoms with E-state index < -0.39 is 0 Å². The third kappa shape index (κ3) is 4.98. The molecule has 0 spiro atoms. The van der Waals surface area contributed by atoms with E-state index in [-0.39, 0.29) is 24.4 Å². The first kappa shape index (κ1) is 23.1. The summed E-state index contributed by atoms with van der Waals surface area (Å²) < 4.78 is 24.9. The first-order chi connectivity index (χ1) is 16.0. The van der Waals surface area contributed by atoms with Gasteiger partial charge in [-0.1, -0.05) is 30.4 Å². The van der Waals surface area contributed by atoms with Gasteiger partial charge in [0.2, 0.25) is 0 Å². The fraction of sp³-hybridized carbons (Fsp3) is 0.357. The summed E-state index contributed by atoms with van der Waals surface area (Å²) in [4.78, 5) is 2.21. The molecule has 0 amide bonds.